The van der Waals surface area contributed by atoms with Crippen LogP contribution in [0.25, 0.3) is 0 Å². The molecule has 0 radical (unpaired) electrons. The van der Waals surface area contributed by atoms with E-state index < -0.39 is 0 Å². The second kappa shape index (κ2) is 9.48. The number of carbonyl (C=O) groups excluding carboxylic acids is 1. The number of nitrogens with one attached hydrogen (secondary N) is 1. The standard InChI is InChI=1S/C26H25N5OS2/c1-3-28-19-14-13-18(27)15-20(19)29-26-31(16-17-9-5-4-6-10-17)24(32)23(34-26)25-30(2)21-11-7-8-12-22(21)33-25/h4-15,28H,3,16,27H2,1-2H3/b25-23-,29-26+. The van der Waals surface area contributed by atoms with Gasteiger partial charge >= 0.3 is 0 Å². The molecule has 0 atom stereocenters. The van der Waals surface area contributed by atoms with Crippen LogP contribution in [0.5, 0.6) is 0 Å². The van der Waals surface area contributed by atoms with Gasteiger partial charge in [0, 0.05) is 24.2 Å². The highest BCUT2D eigenvalue weighted by Crippen LogP contribution is 2.50. The highest BCUT2D eigenvalue weighted by Gasteiger charge is 2.39. The third-order valence-electron chi connectivity index (χ3n) is 5.58. The van der Waals surface area contributed by atoms with Gasteiger partial charge in [0.2, 0.25) is 0 Å². The minimum atomic E-state index is -0.0383. The molecule has 0 bridgehead atoms. The Balaban J connectivity index is 1.58. The van der Waals surface area contributed by atoms with E-state index in [0.29, 0.717) is 22.3 Å². The van der Waals surface area contributed by atoms with Gasteiger partial charge in [0.15, 0.2) is 5.17 Å². The minimum Gasteiger partial charge on any atom is -0.399 e. The molecule has 1 saturated heterocycles. The van der Waals surface area contributed by atoms with Gasteiger partial charge in [0.25, 0.3) is 5.91 Å². The van der Waals surface area contributed by atoms with Crippen molar-refractivity contribution in [3.8, 4) is 0 Å². The number of rotatable bonds is 5. The summed E-state index contributed by atoms with van der Waals surface area (Å²) >= 11 is 3.05. The Bertz CT molecular complexity index is 1310. The van der Waals surface area contributed by atoms with Crippen LogP contribution in [0.3, 0.4) is 0 Å². The first-order valence-corrected chi connectivity index (χ1v) is 12.7. The highest BCUT2D eigenvalue weighted by molar-refractivity contribution is 8.19. The van der Waals surface area contributed by atoms with Crippen LogP contribution >= 0.6 is 23.5 Å². The van der Waals surface area contributed by atoms with E-state index in [0.717, 1.165) is 39.1 Å². The smallest absolute Gasteiger partial charge is 0.269 e. The Morgan fingerprint density at radius 3 is 2.53 bits per heavy atom. The van der Waals surface area contributed by atoms with Crippen LogP contribution in [0.15, 0.2) is 92.6 Å². The predicted molar refractivity (Wildman–Crippen MR) is 144 cm³/mol. The van der Waals surface area contributed by atoms with Crippen molar-refractivity contribution in [1.82, 2.24) is 4.90 Å². The third kappa shape index (κ3) is 4.26. The number of carbonyl (C=O) groups is 1. The fraction of sp³-hybridized carbons (Fsp3) is 0.154. The molecule has 3 aromatic rings. The number of fused-ring (bicyclic) bond motifs is 1. The number of hydrogen-bond donors (Lipinski definition) is 2. The molecule has 0 spiro atoms. The summed E-state index contributed by atoms with van der Waals surface area (Å²) in [4.78, 5) is 24.4. The Hall–Kier alpha value is -3.36. The first-order chi connectivity index (χ1) is 16.5. The van der Waals surface area contributed by atoms with Gasteiger partial charge in [0.1, 0.15) is 4.91 Å². The Labute approximate surface area is 207 Å². The van der Waals surface area contributed by atoms with Crippen LogP contribution in [0.2, 0.25) is 0 Å². The van der Waals surface area contributed by atoms with Crippen LogP contribution in [-0.2, 0) is 11.3 Å². The van der Waals surface area contributed by atoms with Gasteiger partial charge in [-0.2, -0.15) is 0 Å². The van der Waals surface area contributed by atoms with Crippen molar-refractivity contribution in [2.45, 2.75) is 18.4 Å². The van der Waals surface area contributed by atoms with Gasteiger partial charge in [-0.3, -0.25) is 9.69 Å². The average molecular weight is 488 g/mol. The number of amidine groups is 1. The SMILES string of the molecule is CCNc1ccc(N)cc1/N=C1/S/C(=C2\Sc3ccccc3N2C)C(=O)N1Cc1ccccc1. The number of para-hydroxylation sites is 1. The molecule has 1 fully saturated rings. The van der Waals surface area contributed by atoms with Crippen LogP contribution in [0.4, 0.5) is 22.7 Å². The van der Waals surface area contributed by atoms with Crippen molar-refractivity contribution in [1.29, 1.82) is 0 Å². The largest absolute Gasteiger partial charge is 0.399 e. The highest BCUT2D eigenvalue weighted by atomic mass is 32.2. The van der Waals surface area contributed by atoms with Crippen molar-refractivity contribution in [2.24, 2.45) is 4.99 Å². The van der Waals surface area contributed by atoms with E-state index in [-0.39, 0.29) is 5.91 Å². The Kier molecular flexibility index (Phi) is 6.26. The van der Waals surface area contributed by atoms with Crippen LogP contribution in [0, 0.1) is 0 Å². The van der Waals surface area contributed by atoms with E-state index >= 15 is 0 Å². The summed E-state index contributed by atoms with van der Waals surface area (Å²) in [6.45, 7) is 3.25. The van der Waals surface area contributed by atoms with E-state index in [1.54, 1.807) is 16.7 Å². The zero-order valence-electron chi connectivity index (χ0n) is 19.0. The molecule has 0 saturated carbocycles. The summed E-state index contributed by atoms with van der Waals surface area (Å²) in [5.41, 5.74) is 10.5. The maximum absolute atomic E-state index is 13.8. The average Bonchev–Trinajstić information content (AvgIpc) is 3.33. The molecule has 0 unspecified atom stereocenters. The summed E-state index contributed by atoms with van der Waals surface area (Å²) in [5, 5.41) is 4.91. The van der Waals surface area contributed by atoms with Gasteiger partial charge in [-0.05, 0) is 54.6 Å². The number of aliphatic imine (C=N–C) groups is 1. The molecule has 1 amide bonds. The molecular weight excluding hydrogens is 462 g/mol. The molecule has 2 aliphatic heterocycles. The van der Waals surface area contributed by atoms with Crippen molar-refractivity contribution in [3.63, 3.8) is 0 Å². The monoisotopic (exact) mass is 487 g/mol. The molecule has 2 heterocycles. The molecule has 3 N–H and O–H groups in total. The van der Waals surface area contributed by atoms with Crippen molar-refractivity contribution in [3.05, 3.63) is 88.3 Å². The van der Waals surface area contributed by atoms with Gasteiger partial charge in [-0.15, -0.1) is 0 Å². The fourth-order valence-electron chi connectivity index (χ4n) is 3.91. The lowest BCUT2D eigenvalue weighted by molar-refractivity contribution is -0.122. The second-order valence-corrected chi connectivity index (χ2v) is 9.95. The van der Waals surface area contributed by atoms with Gasteiger partial charge in [-0.1, -0.05) is 54.2 Å². The van der Waals surface area contributed by atoms with Crippen LogP contribution < -0.4 is 16.0 Å². The summed E-state index contributed by atoms with van der Waals surface area (Å²) in [6, 6.07) is 23.8. The summed E-state index contributed by atoms with van der Waals surface area (Å²) < 4.78 is 0. The first kappa shape index (κ1) is 22.4. The zero-order chi connectivity index (χ0) is 23.7. The summed E-state index contributed by atoms with van der Waals surface area (Å²) in [7, 11) is 2.01. The van der Waals surface area contributed by atoms with E-state index in [1.165, 1.54) is 11.8 Å². The lowest BCUT2D eigenvalue weighted by Crippen LogP contribution is -2.29. The van der Waals surface area contributed by atoms with Gasteiger partial charge in [0.05, 0.1) is 28.6 Å². The number of nitrogens with two attached hydrogens (primary N) is 1. The minimum absolute atomic E-state index is 0.0383. The molecule has 3 aromatic carbocycles. The van der Waals surface area contributed by atoms with Gasteiger partial charge < -0.3 is 16.0 Å². The molecule has 0 aromatic heterocycles. The molecule has 172 valence electrons. The predicted octanol–water partition coefficient (Wildman–Crippen LogP) is 5.87. The number of anilines is 3. The van der Waals surface area contributed by atoms with Crippen LogP contribution in [-0.4, -0.2) is 29.6 Å². The molecular formula is C26H25N5OS2. The normalized spacial score (nSPS) is 18.6. The number of amides is 1. The molecule has 2 aliphatic rings. The molecule has 0 aliphatic carbocycles. The number of nitrogens with zero attached hydrogens (tertiary/aromatic N) is 3. The number of benzene rings is 3. The van der Waals surface area contributed by atoms with Crippen molar-refractivity contribution < 1.29 is 4.79 Å². The summed E-state index contributed by atoms with van der Waals surface area (Å²) in [5.74, 6) is -0.0383. The lowest BCUT2D eigenvalue weighted by Gasteiger charge is -2.17. The lowest BCUT2D eigenvalue weighted by atomic mass is 10.2. The van der Waals surface area contributed by atoms with Gasteiger partial charge in [-0.25, -0.2) is 4.99 Å². The Morgan fingerprint density at radius 2 is 1.76 bits per heavy atom. The quantitative estimate of drug-likeness (QED) is 0.346. The van der Waals surface area contributed by atoms with Crippen molar-refractivity contribution in [2.75, 3.05) is 29.5 Å². The molecule has 8 heteroatoms. The van der Waals surface area contributed by atoms with Crippen LogP contribution in [0.1, 0.15) is 12.5 Å². The fourth-order valence-corrected chi connectivity index (χ4v) is 6.24. The van der Waals surface area contributed by atoms with E-state index in [1.807, 2.05) is 74.6 Å². The van der Waals surface area contributed by atoms with E-state index in [2.05, 4.69) is 22.3 Å². The zero-order valence-corrected chi connectivity index (χ0v) is 20.6. The number of nitrogen functional groups attached to an aromatic ring is 1. The maximum atomic E-state index is 13.8. The van der Waals surface area contributed by atoms with E-state index in [4.69, 9.17) is 10.7 Å². The molecule has 6 nitrogen and oxygen atoms in total. The van der Waals surface area contributed by atoms with Crippen molar-refractivity contribution >= 4 is 57.3 Å². The third-order valence-corrected chi connectivity index (χ3v) is 8.02. The number of thioether (sulfide) groups is 2. The first-order valence-electron chi connectivity index (χ1n) is 11.1. The molecule has 34 heavy (non-hydrogen) atoms. The maximum Gasteiger partial charge on any atom is 0.269 e. The summed E-state index contributed by atoms with van der Waals surface area (Å²) in [6.07, 6.45) is 0. The topological polar surface area (TPSA) is 74.0 Å². The second-order valence-electron chi connectivity index (χ2n) is 7.94. The van der Waals surface area contributed by atoms with E-state index in [9.17, 15) is 4.79 Å². The molecule has 5 rings (SSSR count). The Morgan fingerprint density at radius 1 is 1.00 bits per heavy atom. The number of hydrogen-bond acceptors (Lipinski definition) is 7.